The van der Waals surface area contributed by atoms with Crippen LogP contribution in [0, 0.1) is 0 Å². The lowest BCUT2D eigenvalue weighted by atomic mass is 9.93. The third kappa shape index (κ3) is 2.67. The van der Waals surface area contributed by atoms with E-state index in [-0.39, 0.29) is 12.1 Å². The van der Waals surface area contributed by atoms with Crippen molar-refractivity contribution in [3.63, 3.8) is 0 Å². The van der Waals surface area contributed by atoms with Crippen LogP contribution in [-0.2, 0) is 0 Å². The first-order valence-corrected chi connectivity index (χ1v) is 5.86. The molecule has 16 heavy (non-hydrogen) atoms. The maximum atomic E-state index is 6.04. The molecule has 0 spiro atoms. The Morgan fingerprint density at radius 1 is 1.19 bits per heavy atom. The molecule has 1 aliphatic rings. The van der Waals surface area contributed by atoms with Crippen molar-refractivity contribution in [3.05, 3.63) is 24.3 Å². The summed E-state index contributed by atoms with van der Waals surface area (Å²) in [6.45, 7) is 0. The molecule has 1 fully saturated rings. The molecule has 1 aliphatic carbocycles. The molecular weight excluding hydrogens is 202 g/mol. The number of hydrogen-bond acceptors (Lipinski definition) is 3. The molecule has 0 amide bonds. The van der Waals surface area contributed by atoms with E-state index in [2.05, 4.69) is 0 Å². The van der Waals surface area contributed by atoms with Crippen LogP contribution in [0.4, 0.5) is 0 Å². The first-order chi connectivity index (χ1) is 7.79. The lowest BCUT2D eigenvalue weighted by Gasteiger charge is -2.29. The van der Waals surface area contributed by atoms with E-state index in [9.17, 15) is 0 Å². The minimum absolute atomic E-state index is 0.154. The third-order valence-electron chi connectivity index (χ3n) is 3.08. The molecule has 3 nitrogen and oxygen atoms in total. The summed E-state index contributed by atoms with van der Waals surface area (Å²) < 4.78 is 11.1. The Labute approximate surface area is 96.5 Å². The summed E-state index contributed by atoms with van der Waals surface area (Å²) in [4.78, 5) is 0. The van der Waals surface area contributed by atoms with E-state index in [1.54, 1.807) is 7.11 Å². The number of nitrogens with two attached hydrogens (primary N) is 1. The molecule has 0 aliphatic heterocycles. The van der Waals surface area contributed by atoms with Gasteiger partial charge in [0.2, 0.25) is 0 Å². The average molecular weight is 221 g/mol. The summed E-state index contributed by atoms with van der Waals surface area (Å²) >= 11 is 0. The maximum absolute atomic E-state index is 6.04. The smallest absolute Gasteiger partial charge is 0.123 e. The highest BCUT2D eigenvalue weighted by Crippen LogP contribution is 2.25. The van der Waals surface area contributed by atoms with Crippen LogP contribution in [0.3, 0.4) is 0 Å². The molecule has 1 saturated carbocycles. The van der Waals surface area contributed by atoms with Crippen LogP contribution < -0.4 is 15.2 Å². The predicted octanol–water partition coefficient (Wildman–Crippen LogP) is 2.34. The highest BCUT2D eigenvalue weighted by Gasteiger charge is 2.23. The summed E-state index contributed by atoms with van der Waals surface area (Å²) in [5.41, 5.74) is 6.04. The second kappa shape index (κ2) is 5.21. The van der Waals surface area contributed by atoms with Gasteiger partial charge in [0.1, 0.15) is 17.6 Å². The Balaban J connectivity index is 2.01. The van der Waals surface area contributed by atoms with E-state index < -0.39 is 0 Å². The fourth-order valence-corrected chi connectivity index (χ4v) is 2.12. The van der Waals surface area contributed by atoms with Crippen LogP contribution in [0.5, 0.6) is 11.5 Å². The monoisotopic (exact) mass is 221 g/mol. The van der Waals surface area contributed by atoms with Gasteiger partial charge in [-0.3, -0.25) is 0 Å². The molecule has 0 heterocycles. The first kappa shape index (κ1) is 11.3. The third-order valence-corrected chi connectivity index (χ3v) is 3.08. The molecule has 0 aromatic heterocycles. The van der Waals surface area contributed by atoms with Crippen molar-refractivity contribution in [2.24, 2.45) is 5.73 Å². The topological polar surface area (TPSA) is 44.5 Å². The Bertz CT molecular complexity index is 340. The molecule has 0 saturated heterocycles. The fraction of sp³-hybridized carbons (Fsp3) is 0.538. The van der Waals surface area contributed by atoms with Gasteiger partial charge in [-0.05, 0) is 31.4 Å². The SMILES string of the molecule is COc1cccc(O[C@@H]2CCCC[C@@H]2N)c1. The molecule has 0 bridgehead atoms. The number of methoxy groups -OCH3 is 1. The Morgan fingerprint density at radius 3 is 2.69 bits per heavy atom. The second-order valence-electron chi connectivity index (χ2n) is 4.28. The number of benzene rings is 1. The van der Waals surface area contributed by atoms with Gasteiger partial charge in [0, 0.05) is 12.1 Å². The van der Waals surface area contributed by atoms with Crippen LogP contribution in [0.2, 0.25) is 0 Å². The van der Waals surface area contributed by atoms with Crippen molar-refractivity contribution in [1.82, 2.24) is 0 Å². The molecule has 2 atom stereocenters. The van der Waals surface area contributed by atoms with E-state index in [1.165, 1.54) is 12.8 Å². The summed E-state index contributed by atoms with van der Waals surface area (Å²) in [5, 5.41) is 0. The minimum atomic E-state index is 0.154. The number of ether oxygens (including phenoxy) is 2. The van der Waals surface area contributed by atoms with Gasteiger partial charge >= 0.3 is 0 Å². The van der Waals surface area contributed by atoms with Gasteiger partial charge < -0.3 is 15.2 Å². The zero-order chi connectivity index (χ0) is 11.4. The van der Waals surface area contributed by atoms with Gasteiger partial charge in [0.15, 0.2) is 0 Å². The van der Waals surface area contributed by atoms with E-state index >= 15 is 0 Å². The largest absolute Gasteiger partial charge is 0.497 e. The van der Waals surface area contributed by atoms with Gasteiger partial charge in [-0.15, -0.1) is 0 Å². The Kier molecular flexibility index (Phi) is 3.67. The molecule has 0 radical (unpaired) electrons. The van der Waals surface area contributed by atoms with Crippen LogP contribution in [0.1, 0.15) is 25.7 Å². The standard InChI is InChI=1S/C13H19NO2/c1-15-10-5-4-6-11(9-10)16-13-8-3-2-7-12(13)14/h4-6,9,12-13H,2-3,7-8,14H2,1H3/t12-,13+/m0/s1. The van der Waals surface area contributed by atoms with E-state index in [0.29, 0.717) is 0 Å². The van der Waals surface area contributed by atoms with Gasteiger partial charge in [0.05, 0.1) is 7.11 Å². The molecular formula is C13H19NO2. The lowest BCUT2D eigenvalue weighted by Crippen LogP contribution is -2.41. The van der Waals surface area contributed by atoms with Crippen molar-refractivity contribution in [1.29, 1.82) is 0 Å². The Hall–Kier alpha value is -1.22. The first-order valence-electron chi connectivity index (χ1n) is 5.86. The summed E-state index contributed by atoms with van der Waals surface area (Å²) in [7, 11) is 1.66. The molecule has 88 valence electrons. The summed E-state index contributed by atoms with van der Waals surface area (Å²) in [6.07, 6.45) is 4.70. The van der Waals surface area contributed by atoms with Crippen molar-refractivity contribution in [2.45, 2.75) is 37.8 Å². The number of hydrogen-bond donors (Lipinski definition) is 1. The highest BCUT2D eigenvalue weighted by atomic mass is 16.5. The molecule has 1 aromatic rings. The van der Waals surface area contributed by atoms with Crippen molar-refractivity contribution in [2.75, 3.05) is 7.11 Å². The maximum Gasteiger partial charge on any atom is 0.123 e. The quantitative estimate of drug-likeness (QED) is 0.852. The van der Waals surface area contributed by atoms with Gasteiger partial charge in [0.25, 0.3) is 0 Å². The average Bonchev–Trinajstić information content (AvgIpc) is 2.32. The second-order valence-corrected chi connectivity index (χ2v) is 4.28. The van der Waals surface area contributed by atoms with Crippen LogP contribution in [-0.4, -0.2) is 19.3 Å². The van der Waals surface area contributed by atoms with Gasteiger partial charge in [-0.25, -0.2) is 0 Å². The van der Waals surface area contributed by atoms with Crippen LogP contribution in [0.25, 0.3) is 0 Å². The predicted molar refractivity (Wildman–Crippen MR) is 63.9 cm³/mol. The van der Waals surface area contributed by atoms with E-state index in [1.807, 2.05) is 24.3 Å². The molecule has 2 N–H and O–H groups in total. The minimum Gasteiger partial charge on any atom is -0.497 e. The van der Waals surface area contributed by atoms with Crippen LogP contribution in [0.15, 0.2) is 24.3 Å². The molecule has 1 aromatic carbocycles. The fourth-order valence-electron chi connectivity index (χ4n) is 2.12. The Morgan fingerprint density at radius 2 is 1.94 bits per heavy atom. The lowest BCUT2D eigenvalue weighted by molar-refractivity contribution is 0.132. The van der Waals surface area contributed by atoms with Crippen LogP contribution >= 0.6 is 0 Å². The zero-order valence-electron chi connectivity index (χ0n) is 9.69. The van der Waals surface area contributed by atoms with Gasteiger partial charge in [-0.2, -0.15) is 0 Å². The van der Waals surface area contributed by atoms with Gasteiger partial charge in [-0.1, -0.05) is 12.5 Å². The summed E-state index contributed by atoms with van der Waals surface area (Å²) in [6, 6.07) is 7.86. The van der Waals surface area contributed by atoms with Crippen molar-refractivity contribution >= 4 is 0 Å². The van der Waals surface area contributed by atoms with E-state index in [0.717, 1.165) is 24.3 Å². The molecule has 3 heteroatoms. The van der Waals surface area contributed by atoms with Crippen molar-refractivity contribution < 1.29 is 9.47 Å². The normalized spacial score (nSPS) is 25.1. The molecule has 2 rings (SSSR count). The summed E-state index contributed by atoms with van der Waals surface area (Å²) in [5.74, 6) is 1.67. The van der Waals surface area contributed by atoms with Crippen molar-refractivity contribution in [3.8, 4) is 11.5 Å². The highest BCUT2D eigenvalue weighted by molar-refractivity contribution is 5.33. The zero-order valence-corrected chi connectivity index (χ0v) is 9.69. The van der Waals surface area contributed by atoms with E-state index in [4.69, 9.17) is 15.2 Å². The number of rotatable bonds is 3. The molecule has 0 unspecified atom stereocenters.